The van der Waals surface area contributed by atoms with E-state index in [1.807, 2.05) is 0 Å². The Balaban J connectivity index is 2.20. The van der Waals surface area contributed by atoms with Crippen LogP contribution in [0, 0.1) is 5.92 Å². The second-order valence-corrected chi connectivity index (χ2v) is 5.30. The van der Waals surface area contributed by atoms with Gasteiger partial charge >= 0.3 is 0 Å². The first-order valence-corrected chi connectivity index (χ1v) is 6.77. The van der Waals surface area contributed by atoms with Crippen LogP contribution in [0.1, 0.15) is 50.4 Å². The van der Waals surface area contributed by atoms with Crippen molar-refractivity contribution >= 4 is 0 Å². The second kappa shape index (κ2) is 5.98. The molecule has 0 radical (unpaired) electrons. The van der Waals surface area contributed by atoms with Crippen molar-refractivity contribution in [1.82, 2.24) is 10.1 Å². The van der Waals surface area contributed by atoms with Gasteiger partial charge in [-0.1, -0.05) is 12.1 Å². The maximum Gasteiger partial charge on any atom is 0.257 e. The summed E-state index contributed by atoms with van der Waals surface area (Å²) in [5.74, 6) is 1.77. The Hall–Kier alpha value is -0.980. The van der Waals surface area contributed by atoms with Gasteiger partial charge in [0.25, 0.3) is 5.89 Å². The van der Waals surface area contributed by atoms with Gasteiger partial charge in [-0.2, -0.15) is 4.98 Å². The fraction of sp³-hybridized carbons (Fsp3) is 0.846. The zero-order chi connectivity index (χ0) is 13.9. The summed E-state index contributed by atoms with van der Waals surface area (Å²) in [7, 11) is 3.29. The third kappa shape index (κ3) is 2.80. The Morgan fingerprint density at radius 1 is 1.42 bits per heavy atom. The first kappa shape index (κ1) is 14.4. The third-order valence-electron chi connectivity index (χ3n) is 4.10. The fourth-order valence-corrected chi connectivity index (χ4v) is 2.60. The van der Waals surface area contributed by atoms with Crippen molar-refractivity contribution in [3.05, 3.63) is 11.7 Å². The van der Waals surface area contributed by atoms with Gasteiger partial charge < -0.3 is 19.7 Å². The van der Waals surface area contributed by atoms with Gasteiger partial charge in [0.2, 0.25) is 5.82 Å². The maximum absolute atomic E-state index is 5.72. The summed E-state index contributed by atoms with van der Waals surface area (Å²) in [5, 5.41) is 4.08. The summed E-state index contributed by atoms with van der Waals surface area (Å²) < 4.78 is 16.2. The lowest BCUT2D eigenvalue weighted by Gasteiger charge is -2.35. The zero-order valence-electron chi connectivity index (χ0n) is 11.9. The summed E-state index contributed by atoms with van der Waals surface area (Å²) in [5.41, 5.74) is 5.19. The molecule has 1 atom stereocenters. The smallest absolute Gasteiger partial charge is 0.257 e. The van der Waals surface area contributed by atoms with E-state index in [2.05, 4.69) is 17.1 Å². The van der Waals surface area contributed by atoms with Gasteiger partial charge in [-0.25, -0.2) is 0 Å². The molecule has 1 saturated carbocycles. The van der Waals surface area contributed by atoms with Gasteiger partial charge in [0, 0.05) is 20.8 Å². The lowest BCUT2D eigenvalue weighted by atomic mass is 9.79. The van der Waals surface area contributed by atoms with E-state index in [1.54, 1.807) is 14.2 Å². The molecule has 6 nitrogen and oxygen atoms in total. The second-order valence-electron chi connectivity index (χ2n) is 5.30. The predicted octanol–water partition coefficient (Wildman–Crippen LogP) is 1.77. The van der Waals surface area contributed by atoms with Gasteiger partial charge in [0.05, 0.1) is 0 Å². The van der Waals surface area contributed by atoms with E-state index in [1.165, 1.54) is 0 Å². The number of hydrogen-bond donors (Lipinski definition) is 1. The molecular formula is C13H23N3O3. The highest BCUT2D eigenvalue weighted by atomic mass is 16.5. The van der Waals surface area contributed by atoms with Crippen LogP contribution < -0.4 is 5.73 Å². The van der Waals surface area contributed by atoms with Gasteiger partial charge in [-0.3, -0.25) is 0 Å². The first-order valence-electron chi connectivity index (χ1n) is 6.77. The van der Waals surface area contributed by atoms with Crippen LogP contribution in [0.3, 0.4) is 0 Å². The highest BCUT2D eigenvalue weighted by molar-refractivity contribution is 5.05. The maximum atomic E-state index is 5.72. The highest BCUT2D eigenvalue weighted by Gasteiger charge is 2.40. The van der Waals surface area contributed by atoms with Crippen LogP contribution in [0.25, 0.3) is 0 Å². The van der Waals surface area contributed by atoms with Gasteiger partial charge in [0.15, 0.2) is 0 Å². The van der Waals surface area contributed by atoms with Crippen LogP contribution in [0.2, 0.25) is 0 Å². The highest BCUT2D eigenvalue weighted by Crippen LogP contribution is 2.40. The van der Waals surface area contributed by atoms with Crippen molar-refractivity contribution in [2.45, 2.75) is 44.3 Å². The molecule has 1 aliphatic carbocycles. The minimum Gasteiger partial charge on any atom is -0.370 e. The largest absolute Gasteiger partial charge is 0.370 e. The van der Waals surface area contributed by atoms with E-state index >= 15 is 0 Å². The summed E-state index contributed by atoms with van der Waals surface area (Å²) in [6.07, 6.45) is 3.72. The van der Waals surface area contributed by atoms with Crippen LogP contribution in [0.4, 0.5) is 0 Å². The molecule has 1 aromatic rings. The Bertz CT molecular complexity index is 396. The van der Waals surface area contributed by atoms with E-state index in [9.17, 15) is 0 Å². The quantitative estimate of drug-likeness (QED) is 0.877. The van der Waals surface area contributed by atoms with Crippen LogP contribution in [-0.4, -0.2) is 30.9 Å². The summed E-state index contributed by atoms with van der Waals surface area (Å²) in [6, 6.07) is 0. The molecule has 1 unspecified atom stereocenters. The number of hydrogen-bond acceptors (Lipinski definition) is 6. The summed E-state index contributed by atoms with van der Waals surface area (Å²) in [4.78, 5) is 4.44. The molecule has 0 amide bonds. The molecule has 1 aliphatic rings. The molecule has 0 spiro atoms. The Morgan fingerprint density at radius 3 is 2.63 bits per heavy atom. The van der Waals surface area contributed by atoms with Gasteiger partial charge in [-0.05, 0) is 31.6 Å². The number of rotatable bonds is 5. The Labute approximate surface area is 113 Å². The van der Waals surface area contributed by atoms with Crippen molar-refractivity contribution in [1.29, 1.82) is 0 Å². The molecule has 0 aromatic carbocycles. The van der Waals surface area contributed by atoms with Crippen molar-refractivity contribution in [3.8, 4) is 0 Å². The predicted molar refractivity (Wildman–Crippen MR) is 69.4 cm³/mol. The van der Waals surface area contributed by atoms with E-state index in [0.717, 1.165) is 31.6 Å². The first-order chi connectivity index (χ1) is 9.15. The zero-order valence-corrected chi connectivity index (χ0v) is 11.9. The molecule has 0 aliphatic heterocycles. The van der Waals surface area contributed by atoms with Crippen LogP contribution in [0.5, 0.6) is 0 Å². The molecule has 2 rings (SSSR count). The number of ether oxygens (including phenoxy) is 2. The van der Waals surface area contributed by atoms with E-state index in [-0.39, 0.29) is 6.10 Å². The Morgan fingerprint density at radius 2 is 2.11 bits per heavy atom. The molecule has 1 fully saturated rings. The van der Waals surface area contributed by atoms with E-state index in [0.29, 0.717) is 18.3 Å². The molecular weight excluding hydrogens is 246 g/mol. The molecule has 6 heteroatoms. The summed E-state index contributed by atoms with van der Waals surface area (Å²) >= 11 is 0. The minimum atomic E-state index is -0.416. The monoisotopic (exact) mass is 269 g/mol. The molecule has 0 bridgehead atoms. The van der Waals surface area contributed by atoms with E-state index in [4.69, 9.17) is 19.7 Å². The molecule has 0 saturated heterocycles. The van der Waals surface area contributed by atoms with E-state index < -0.39 is 5.60 Å². The van der Waals surface area contributed by atoms with Crippen LogP contribution >= 0.6 is 0 Å². The molecule has 1 heterocycles. The lowest BCUT2D eigenvalue weighted by Crippen LogP contribution is -2.34. The number of aromatic nitrogens is 2. The SMILES string of the molecule is COC(CN)c1nc(C2(OC)CCC(C)CC2)no1. The van der Waals surface area contributed by atoms with Crippen molar-refractivity contribution in [3.63, 3.8) is 0 Å². The normalized spacial score (nSPS) is 29.4. The van der Waals surface area contributed by atoms with Gasteiger partial charge in [-0.15, -0.1) is 0 Å². The number of nitrogens with two attached hydrogens (primary N) is 1. The van der Waals surface area contributed by atoms with Crippen LogP contribution in [-0.2, 0) is 15.1 Å². The van der Waals surface area contributed by atoms with Crippen molar-refractivity contribution < 1.29 is 14.0 Å². The topological polar surface area (TPSA) is 83.4 Å². The Kier molecular flexibility index (Phi) is 4.54. The molecule has 1 aromatic heterocycles. The third-order valence-corrected chi connectivity index (χ3v) is 4.10. The van der Waals surface area contributed by atoms with Crippen LogP contribution in [0.15, 0.2) is 4.52 Å². The average Bonchev–Trinajstić information content (AvgIpc) is 2.92. The number of methoxy groups -OCH3 is 2. The average molecular weight is 269 g/mol. The standard InChI is InChI=1S/C13H23N3O3/c1-9-4-6-13(18-3,7-5-9)12-15-11(19-16-12)10(8-14)17-2/h9-10H,4-8,14H2,1-3H3. The molecule has 19 heavy (non-hydrogen) atoms. The fourth-order valence-electron chi connectivity index (χ4n) is 2.60. The van der Waals surface area contributed by atoms with Crippen molar-refractivity contribution in [2.75, 3.05) is 20.8 Å². The minimum absolute atomic E-state index is 0.315. The van der Waals surface area contributed by atoms with Gasteiger partial charge in [0.1, 0.15) is 11.7 Å². The molecule has 2 N–H and O–H groups in total. The lowest BCUT2D eigenvalue weighted by molar-refractivity contribution is -0.0609. The molecule has 108 valence electrons. The van der Waals surface area contributed by atoms with Crippen molar-refractivity contribution in [2.24, 2.45) is 11.7 Å². The summed E-state index contributed by atoms with van der Waals surface area (Å²) in [6.45, 7) is 2.58. The number of nitrogens with zero attached hydrogens (tertiary/aromatic N) is 2.